The largest absolute Gasteiger partial charge is 0.340 e. The second-order valence-electron chi connectivity index (χ2n) is 6.99. The van der Waals surface area contributed by atoms with E-state index in [0.29, 0.717) is 25.7 Å². The molecule has 0 radical (unpaired) electrons. The second-order valence-corrected chi connectivity index (χ2v) is 8.93. The molecule has 1 fully saturated rings. The molecule has 0 bridgehead atoms. The van der Waals surface area contributed by atoms with Crippen LogP contribution in [0.15, 0.2) is 53.4 Å². The average Bonchev–Trinajstić information content (AvgIpc) is 2.71. The van der Waals surface area contributed by atoms with Crippen molar-refractivity contribution >= 4 is 15.9 Å². The van der Waals surface area contributed by atoms with Crippen LogP contribution in [-0.2, 0) is 21.4 Å². The van der Waals surface area contributed by atoms with Gasteiger partial charge in [-0.15, -0.1) is 0 Å². The molecule has 1 amide bonds. The molecule has 1 aliphatic heterocycles. The van der Waals surface area contributed by atoms with Crippen molar-refractivity contribution < 1.29 is 22.0 Å². The highest BCUT2D eigenvalue weighted by molar-refractivity contribution is 7.89. The van der Waals surface area contributed by atoms with Crippen molar-refractivity contribution in [2.75, 3.05) is 39.8 Å². The summed E-state index contributed by atoms with van der Waals surface area (Å²) in [7, 11) is -2.17. The standard InChI is InChI=1S/C20H23F2N3O3S/c1-23(14-16-5-3-2-4-6-16)20(26)15-24-9-11-25(12-10-24)29(27,28)17-7-8-18(21)19(22)13-17/h2-8,13H,9-12,14-15H2,1H3. The number of carbonyl (C=O) groups excluding carboxylic acids is 1. The molecule has 0 spiro atoms. The van der Waals surface area contributed by atoms with Crippen LogP contribution in [-0.4, -0.2) is 68.2 Å². The Hall–Kier alpha value is -2.36. The number of hydrogen-bond acceptors (Lipinski definition) is 4. The summed E-state index contributed by atoms with van der Waals surface area (Å²) in [4.78, 5) is 15.7. The molecular formula is C20H23F2N3O3S. The van der Waals surface area contributed by atoms with E-state index in [9.17, 15) is 22.0 Å². The number of hydrogen-bond donors (Lipinski definition) is 0. The maximum absolute atomic E-state index is 13.4. The van der Waals surface area contributed by atoms with Crippen molar-refractivity contribution in [3.63, 3.8) is 0 Å². The van der Waals surface area contributed by atoms with Gasteiger partial charge >= 0.3 is 0 Å². The van der Waals surface area contributed by atoms with Gasteiger partial charge < -0.3 is 4.90 Å². The third-order valence-electron chi connectivity index (χ3n) is 4.91. The third-order valence-corrected chi connectivity index (χ3v) is 6.80. The maximum atomic E-state index is 13.4. The highest BCUT2D eigenvalue weighted by atomic mass is 32.2. The van der Waals surface area contributed by atoms with Gasteiger partial charge in [0.15, 0.2) is 11.6 Å². The van der Waals surface area contributed by atoms with Crippen LogP contribution in [0, 0.1) is 11.6 Å². The van der Waals surface area contributed by atoms with Gasteiger partial charge in [-0.1, -0.05) is 30.3 Å². The summed E-state index contributed by atoms with van der Waals surface area (Å²) in [6.07, 6.45) is 0. The van der Waals surface area contributed by atoms with Gasteiger partial charge in [0, 0.05) is 39.8 Å². The number of sulfonamides is 1. The number of halogens is 2. The summed E-state index contributed by atoms with van der Waals surface area (Å²) >= 11 is 0. The van der Waals surface area contributed by atoms with Gasteiger partial charge in [0.1, 0.15) is 0 Å². The predicted octanol–water partition coefficient (Wildman–Crippen LogP) is 1.93. The summed E-state index contributed by atoms with van der Waals surface area (Å²) < 4.78 is 53.0. The molecule has 9 heteroatoms. The fourth-order valence-electron chi connectivity index (χ4n) is 3.17. The molecule has 0 saturated carbocycles. The molecule has 1 aliphatic rings. The Labute approximate surface area is 169 Å². The SMILES string of the molecule is CN(Cc1ccccc1)C(=O)CN1CCN(S(=O)(=O)c2ccc(F)c(F)c2)CC1. The van der Waals surface area contributed by atoms with Crippen LogP contribution in [0.4, 0.5) is 8.78 Å². The van der Waals surface area contributed by atoms with Gasteiger partial charge in [0.05, 0.1) is 11.4 Å². The zero-order chi connectivity index (χ0) is 21.0. The van der Waals surface area contributed by atoms with Crippen molar-refractivity contribution in [3.8, 4) is 0 Å². The molecule has 0 atom stereocenters. The van der Waals surface area contributed by atoms with Gasteiger partial charge in [0.25, 0.3) is 0 Å². The molecule has 0 aliphatic carbocycles. The van der Waals surface area contributed by atoms with Crippen molar-refractivity contribution in [2.45, 2.75) is 11.4 Å². The van der Waals surface area contributed by atoms with Crippen LogP contribution in [0.1, 0.15) is 5.56 Å². The molecule has 156 valence electrons. The van der Waals surface area contributed by atoms with Gasteiger partial charge in [-0.3, -0.25) is 9.69 Å². The second kappa shape index (κ2) is 8.98. The van der Waals surface area contributed by atoms with E-state index in [0.717, 1.165) is 17.7 Å². The lowest BCUT2D eigenvalue weighted by atomic mass is 10.2. The van der Waals surface area contributed by atoms with Crippen molar-refractivity contribution in [2.24, 2.45) is 0 Å². The predicted molar refractivity (Wildman–Crippen MR) is 104 cm³/mol. The van der Waals surface area contributed by atoms with Crippen LogP contribution in [0.3, 0.4) is 0 Å². The number of piperazine rings is 1. The number of rotatable bonds is 6. The smallest absolute Gasteiger partial charge is 0.243 e. The molecule has 1 saturated heterocycles. The topological polar surface area (TPSA) is 60.9 Å². The number of carbonyl (C=O) groups is 1. The normalized spacial score (nSPS) is 16.0. The Bertz CT molecular complexity index is 962. The molecule has 3 rings (SSSR count). The summed E-state index contributed by atoms with van der Waals surface area (Å²) in [6.45, 7) is 1.82. The van der Waals surface area contributed by atoms with Crippen molar-refractivity contribution in [1.29, 1.82) is 0 Å². The Kier molecular flexibility index (Phi) is 6.61. The van der Waals surface area contributed by atoms with E-state index in [4.69, 9.17) is 0 Å². The first-order valence-electron chi connectivity index (χ1n) is 9.23. The van der Waals surface area contributed by atoms with Gasteiger partial charge in [-0.2, -0.15) is 4.31 Å². The minimum Gasteiger partial charge on any atom is -0.340 e. The molecule has 0 N–H and O–H groups in total. The van der Waals surface area contributed by atoms with Gasteiger partial charge in [0.2, 0.25) is 15.9 Å². The minimum atomic E-state index is -3.91. The highest BCUT2D eigenvalue weighted by Crippen LogP contribution is 2.20. The highest BCUT2D eigenvalue weighted by Gasteiger charge is 2.30. The van der Waals surface area contributed by atoms with Crippen molar-refractivity contribution in [3.05, 3.63) is 65.7 Å². The Morgan fingerprint density at radius 3 is 2.28 bits per heavy atom. The van der Waals surface area contributed by atoms with Crippen LogP contribution in [0.5, 0.6) is 0 Å². The first kappa shape index (κ1) is 21.4. The molecule has 2 aromatic rings. The summed E-state index contributed by atoms with van der Waals surface area (Å²) in [5.41, 5.74) is 1.03. The third kappa shape index (κ3) is 5.17. The quantitative estimate of drug-likeness (QED) is 0.713. The van der Waals surface area contributed by atoms with Gasteiger partial charge in [-0.05, 0) is 23.8 Å². The molecular weight excluding hydrogens is 400 g/mol. The van der Waals surface area contributed by atoms with Crippen molar-refractivity contribution in [1.82, 2.24) is 14.1 Å². The van der Waals surface area contributed by atoms with E-state index in [2.05, 4.69) is 0 Å². The van der Waals surface area contributed by atoms with E-state index < -0.39 is 21.7 Å². The first-order chi connectivity index (χ1) is 13.8. The summed E-state index contributed by atoms with van der Waals surface area (Å²) in [5.74, 6) is -2.34. The number of amides is 1. The van der Waals surface area contributed by atoms with E-state index in [-0.39, 0.29) is 30.4 Å². The number of nitrogens with zero attached hydrogens (tertiary/aromatic N) is 3. The maximum Gasteiger partial charge on any atom is 0.243 e. The fourth-order valence-corrected chi connectivity index (χ4v) is 4.61. The number of likely N-dealkylation sites (N-methyl/N-ethyl adjacent to an activating group) is 1. The molecule has 0 unspecified atom stereocenters. The molecule has 29 heavy (non-hydrogen) atoms. The number of benzene rings is 2. The monoisotopic (exact) mass is 423 g/mol. The lowest BCUT2D eigenvalue weighted by Gasteiger charge is -2.34. The molecule has 2 aromatic carbocycles. The fraction of sp³-hybridized carbons (Fsp3) is 0.350. The van der Waals surface area contributed by atoms with E-state index >= 15 is 0 Å². The molecule has 6 nitrogen and oxygen atoms in total. The van der Waals surface area contributed by atoms with Gasteiger partial charge in [-0.25, -0.2) is 17.2 Å². The summed E-state index contributed by atoms with van der Waals surface area (Å²) in [5, 5.41) is 0. The minimum absolute atomic E-state index is 0.0502. The Morgan fingerprint density at radius 2 is 1.66 bits per heavy atom. The van der Waals surface area contributed by atoms with Crippen LogP contribution in [0.2, 0.25) is 0 Å². The Balaban J connectivity index is 1.54. The molecule has 0 aromatic heterocycles. The van der Waals surface area contributed by atoms with Crippen LogP contribution >= 0.6 is 0 Å². The van der Waals surface area contributed by atoms with E-state index in [1.807, 2.05) is 35.2 Å². The van der Waals surface area contributed by atoms with Crippen LogP contribution in [0.25, 0.3) is 0 Å². The zero-order valence-corrected chi connectivity index (χ0v) is 16.9. The van der Waals surface area contributed by atoms with E-state index in [1.165, 1.54) is 4.31 Å². The average molecular weight is 423 g/mol. The zero-order valence-electron chi connectivity index (χ0n) is 16.1. The Morgan fingerprint density at radius 1 is 1.00 bits per heavy atom. The molecule has 1 heterocycles. The lowest BCUT2D eigenvalue weighted by Crippen LogP contribution is -2.51. The van der Waals surface area contributed by atoms with Crippen LogP contribution < -0.4 is 0 Å². The lowest BCUT2D eigenvalue weighted by molar-refractivity contribution is -0.131. The summed E-state index contributed by atoms with van der Waals surface area (Å²) in [6, 6.07) is 12.2. The first-order valence-corrected chi connectivity index (χ1v) is 10.7. The van der Waals surface area contributed by atoms with E-state index in [1.54, 1.807) is 11.9 Å².